The fraction of sp³-hybridized carbons (Fsp3) is 0.263. The van der Waals surface area contributed by atoms with Crippen molar-refractivity contribution in [2.45, 2.75) is 20.4 Å². The summed E-state index contributed by atoms with van der Waals surface area (Å²) >= 11 is 0. The topological polar surface area (TPSA) is 53.4 Å². The van der Waals surface area contributed by atoms with Crippen LogP contribution in [-0.4, -0.2) is 29.2 Å². The summed E-state index contributed by atoms with van der Waals surface area (Å²) in [6.45, 7) is 5.02. The summed E-state index contributed by atoms with van der Waals surface area (Å²) in [5.41, 5.74) is 3.31. The van der Waals surface area contributed by atoms with E-state index in [1.54, 1.807) is 26.2 Å². The van der Waals surface area contributed by atoms with E-state index in [0.29, 0.717) is 12.2 Å². The summed E-state index contributed by atoms with van der Waals surface area (Å²) in [4.78, 5) is 16.6. The average Bonchev–Trinajstić information content (AvgIpc) is 2.99. The number of imidazole rings is 1. The maximum absolute atomic E-state index is 11.9. The Kier molecular flexibility index (Phi) is 4.51. The number of benzene rings is 2. The van der Waals surface area contributed by atoms with Gasteiger partial charge in [0.15, 0.2) is 0 Å². The summed E-state index contributed by atoms with van der Waals surface area (Å²) in [5.74, 6) is 1.36. The number of aromatic nitrogens is 2. The van der Waals surface area contributed by atoms with E-state index in [4.69, 9.17) is 14.5 Å². The second-order valence-corrected chi connectivity index (χ2v) is 5.33. The third-order valence-corrected chi connectivity index (χ3v) is 3.92. The quantitative estimate of drug-likeness (QED) is 0.668. The number of carbonyl (C=O) groups excluding carboxylic acids is 1. The first-order valence-corrected chi connectivity index (χ1v) is 7.99. The van der Waals surface area contributed by atoms with Gasteiger partial charge in [-0.2, -0.15) is 0 Å². The molecule has 0 aliphatic carbocycles. The summed E-state index contributed by atoms with van der Waals surface area (Å²) < 4.78 is 12.4. The number of aryl methyl sites for hydroxylation is 1. The number of esters is 1. The summed E-state index contributed by atoms with van der Waals surface area (Å²) in [6.07, 6.45) is 0. The van der Waals surface area contributed by atoms with Crippen molar-refractivity contribution in [2.75, 3.05) is 13.7 Å². The van der Waals surface area contributed by atoms with Crippen molar-refractivity contribution in [3.63, 3.8) is 0 Å². The predicted molar refractivity (Wildman–Crippen MR) is 93.4 cm³/mol. The third kappa shape index (κ3) is 2.85. The number of methoxy groups -OCH3 is 1. The van der Waals surface area contributed by atoms with Crippen LogP contribution in [0.1, 0.15) is 24.2 Å². The number of hydrogen-bond acceptors (Lipinski definition) is 4. The van der Waals surface area contributed by atoms with Crippen LogP contribution in [0.3, 0.4) is 0 Å². The molecule has 5 nitrogen and oxygen atoms in total. The molecule has 2 aromatic carbocycles. The minimum Gasteiger partial charge on any atom is -0.497 e. The molecule has 0 atom stereocenters. The van der Waals surface area contributed by atoms with Gasteiger partial charge in [-0.15, -0.1) is 0 Å². The molecule has 0 saturated carbocycles. The molecule has 0 N–H and O–H groups in total. The lowest BCUT2D eigenvalue weighted by Crippen LogP contribution is -2.04. The highest BCUT2D eigenvalue weighted by Crippen LogP contribution is 2.27. The van der Waals surface area contributed by atoms with Gasteiger partial charge >= 0.3 is 5.97 Å². The maximum Gasteiger partial charge on any atom is 0.338 e. The molecule has 124 valence electrons. The van der Waals surface area contributed by atoms with E-state index in [9.17, 15) is 4.79 Å². The van der Waals surface area contributed by atoms with Crippen LogP contribution in [0.4, 0.5) is 0 Å². The highest BCUT2D eigenvalue weighted by Gasteiger charge is 2.14. The van der Waals surface area contributed by atoms with Crippen LogP contribution < -0.4 is 4.74 Å². The van der Waals surface area contributed by atoms with E-state index in [0.717, 1.165) is 34.7 Å². The Morgan fingerprint density at radius 3 is 2.50 bits per heavy atom. The molecule has 0 bridgehead atoms. The van der Waals surface area contributed by atoms with E-state index in [-0.39, 0.29) is 5.97 Å². The van der Waals surface area contributed by atoms with Crippen molar-refractivity contribution in [2.24, 2.45) is 0 Å². The standard InChI is InChI=1S/C19H20N2O3/c1-4-21-17-11-8-14(19(22)24-5-2)12-16(17)20-18(21)13-6-9-15(23-3)10-7-13/h6-12H,4-5H2,1-3H3. The molecule has 0 aliphatic heterocycles. The van der Waals surface area contributed by atoms with Crippen molar-refractivity contribution in [1.29, 1.82) is 0 Å². The first kappa shape index (κ1) is 16.1. The van der Waals surface area contributed by atoms with Gasteiger partial charge in [0.25, 0.3) is 0 Å². The first-order chi connectivity index (χ1) is 11.7. The van der Waals surface area contributed by atoms with Crippen LogP contribution in [0.25, 0.3) is 22.4 Å². The molecule has 5 heteroatoms. The lowest BCUT2D eigenvalue weighted by molar-refractivity contribution is 0.0526. The summed E-state index contributed by atoms with van der Waals surface area (Å²) in [5, 5.41) is 0. The molecular weight excluding hydrogens is 304 g/mol. The molecule has 0 radical (unpaired) electrons. The maximum atomic E-state index is 11.9. The molecule has 0 saturated heterocycles. The summed E-state index contributed by atoms with van der Waals surface area (Å²) in [6, 6.07) is 13.3. The second-order valence-electron chi connectivity index (χ2n) is 5.33. The fourth-order valence-corrected chi connectivity index (χ4v) is 2.75. The molecule has 0 fully saturated rings. The van der Waals surface area contributed by atoms with Gasteiger partial charge in [-0.3, -0.25) is 0 Å². The van der Waals surface area contributed by atoms with Crippen LogP contribution in [0.15, 0.2) is 42.5 Å². The van der Waals surface area contributed by atoms with E-state index in [2.05, 4.69) is 11.5 Å². The first-order valence-electron chi connectivity index (χ1n) is 7.99. The van der Waals surface area contributed by atoms with E-state index >= 15 is 0 Å². The molecule has 1 aromatic heterocycles. The number of carbonyl (C=O) groups is 1. The smallest absolute Gasteiger partial charge is 0.338 e. The van der Waals surface area contributed by atoms with Crippen LogP contribution in [-0.2, 0) is 11.3 Å². The predicted octanol–water partition coefficient (Wildman–Crippen LogP) is 3.91. The minimum atomic E-state index is -0.323. The number of nitrogens with zero attached hydrogens (tertiary/aromatic N) is 2. The van der Waals surface area contributed by atoms with Crippen LogP contribution in [0, 0.1) is 0 Å². The zero-order valence-corrected chi connectivity index (χ0v) is 14.1. The van der Waals surface area contributed by atoms with Crippen molar-refractivity contribution in [3.05, 3.63) is 48.0 Å². The number of hydrogen-bond donors (Lipinski definition) is 0. The molecule has 1 heterocycles. The van der Waals surface area contributed by atoms with E-state index in [1.807, 2.05) is 30.3 Å². The Hall–Kier alpha value is -2.82. The number of rotatable bonds is 5. The Morgan fingerprint density at radius 1 is 1.12 bits per heavy atom. The van der Waals surface area contributed by atoms with Crippen molar-refractivity contribution < 1.29 is 14.3 Å². The van der Waals surface area contributed by atoms with Crippen molar-refractivity contribution in [3.8, 4) is 17.1 Å². The Balaban J connectivity index is 2.08. The van der Waals surface area contributed by atoms with Gasteiger partial charge in [0, 0.05) is 12.1 Å². The van der Waals surface area contributed by atoms with Gasteiger partial charge < -0.3 is 14.0 Å². The number of ether oxygens (including phenoxy) is 2. The Bertz CT molecular complexity index is 866. The minimum absolute atomic E-state index is 0.323. The fourth-order valence-electron chi connectivity index (χ4n) is 2.75. The lowest BCUT2D eigenvalue weighted by atomic mass is 10.2. The van der Waals surface area contributed by atoms with E-state index in [1.165, 1.54) is 0 Å². The normalized spacial score (nSPS) is 10.8. The zero-order chi connectivity index (χ0) is 17.1. The third-order valence-electron chi connectivity index (χ3n) is 3.92. The molecule has 0 amide bonds. The molecular formula is C19H20N2O3. The molecule has 3 aromatic rings. The van der Waals surface area contributed by atoms with Gasteiger partial charge in [-0.25, -0.2) is 9.78 Å². The highest BCUT2D eigenvalue weighted by atomic mass is 16.5. The van der Waals surface area contributed by atoms with Gasteiger partial charge in [0.1, 0.15) is 11.6 Å². The average molecular weight is 324 g/mol. The van der Waals surface area contributed by atoms with Gasteiger partial charge in [0.2, 0.25) is 0 Å². The van der Waals surface area contributed by atoms with E-state index < -0.39 is 0 Å². The van der Waals surface area contributed by atoms with Crippen LogP contribution in [0.5, 0.6) is 5.75 Å². The molecule has 0 unspecified atom stereocenters. The summed E-state index contributed by atoms with van der Waals surface area (Å²) in [7, 11) is 1.65. The monoisotopic (exact) mass is 324 g/mol. The lowest BCUT2D eigenvalue weighted by Gasteiger charge is -2.07. The highest BCUT2D eigenvalue weighted by molar-refractivity contribution is 5.94. The molecule has 0 aliphatic rings. The van der Waals surface area contributed by atoms with Crippen molar-refractivity contribution >= 4 is 17.0 Å². The zero-order valence-electron chi connectivity index (χ0n) is 14.1. The molecule has 24 heavy (non-hydrogen) atoms. The van der Waals surface area contributed by atoms with Crippen molar-refractivity contribution in [1.82, 2.24) is 9.55 Å². The SMILES string of the molecule is CCOC(=O)c1ccc2c(c1)nc(-c1ccc(OC)cc1)n2CC. The molecule has 0 spiro atoms. The van der Waals surface area contributed by atoms with Crippen LogP contribution in [0.2, 0.25) is 0 Å². The second kappa shape index (κ2) is 6.74. The van der Waals surface area contributed by atoms with Gasteiger partial charge in [-0.1, -0.05) is 0 Å². The van der Waals surface area contributed by atoms with Gasteiger partial charge in [-0.05, 0) is 56.3 Å². The Labute approximate surface area is 140 Å². The van der Waals surface area contributed by atoms with Crippen LogP contribution >= 0.6 is 0 Å². The molecule has 3 rings (SSSR count). The number of fused-ring (bicyclic) bond motifs is 1. The Morgan fingerprint density at radius 2 is 1.88 bits per heavy atom. The largest absolute Gasteiger partial charge is 0.497 e. The van der Waals surface area contributed by atoms with Gasteiger partial charge in [0.05, 0.1) is 30.3 Å².